The normalized spacial score (nSPS) is 33.8. The van der Waals surface area contributed by atoms with Gasteiger partial charge in [0.1, 0.15) is 0 Å². The van der Waals surface area contributed by atoms with Gasteiger partial charge >= 0.3 is 6.03 Å². The molecule has 5 heteroatoms. The Bertz CT molecular complexity index is 473. The van der Waals surface area contributed by atoms with Crippen LogP contribution in [0.25, 0.3) is 0 Å². The van der Waals surface area contributed by atoms with Crippen LogP contribution in [0.3, 0.4) is 0 Å². The first-order valence-corrected chi connectivity index (χ1v) is 9.83. The van der Waals surface area contributed by atoms with Gasteiger partial charge in [-0.1, -0.05) is 26.2 Å². The van der Waals surface area contributed by atoms with E-state index in [1.807, 2.05) is 0 Å². The van der Waals surface area contributed by atoms with Gasteiger partial charge in [-0.25, -0.2) is 4.79 Å². The molecule has 2 saturated carbocycles. The highest BCUT2D eigenvalue weighted by molar-refractivity contribution is 5.80. The van der Waals surface area contributed by atoms with Crippen LogP contribution < -0.4 is 10.6 Å². The van der Waals surface area contributed by atoms with E-state index in [0.717, 1.165) is 19.3 Å². The summed E-state index contributed by atoms with van der Waals surface area (Å²) in [5, 5.41) is 6.22. The molecular weight excluding hydrogens is 302 g/mol. The second-order valence-corrected chi connectivity index (χ2v) is 8.40. The van der Waals surface area contributed by atoms with Crippen molar-refractivity contribution in [1.82, 2.24) is 15.5 Å². The number of hydrogen-bond donors (Lipinski definition) is 2. The molecule has 3 rings (SSSR count). The van der Waals surface area contributed by atoms with Gasteiger partial charge in [-0.3, -0.25) is 4.79 Å². The first-order valence-electron chi connectivity index (χ1n) is 9.83. The van der Waals surface area contributed by atoms with E-state index in [2.05, 4.69) is 36.3 Å². The van der Waals surface area contributed by atoms with Gasteiger partial charge in [-0.05, 0) is 50.9 Å². The van der Waals surface area contributed by atoms with Crippen LogP contribution in [-0.4, -0.2) is 41.5 Å². The molecule has 3 amide bonds. The zero-order valence-electron chi connectivity index (χ0n) is 15.4. The molecule has 24 heavy (non-hydrogen) atoms. The molecule has 0 bridgehead atoms. The van der Waals surface area contributed by atoms with Gasteiger partial charge in [0.05, 0.1) is 0 Å². The van der Waals surface area contributed by atoms with Gasteiger partial charge in [-0.15, -0.1) is 0 Å². The number of amides is 3. The minimum absolute atomic E-state index is 0.0254. The van der Waals surface area contributed by atoms with Gasteiger partial charge in [-0.2, -0.15) is 0 Å². The predicted molar refractivity (Wildman–Crippen MR) is 94.6 cm³/mol. The summed E-state index contributed by atoms with van der Waals surface area (Å²) in [6, 6.07) is 0.973. The fraction of sp³-hybridized carbons (Fsp3) is 0.895. The van der Waals surface area contributed by atoms with Crippen molar-refractivity contribution in [3.05, 3.63) is 0 Å². The smallest absolute Gasteiger partial charge is 0.315 e. The van der Waals surface area contributed by atoms with Crippen molar-refractivity contribution in [2.75, 3.05) is 6.54 Å². The molecule has 0 spiro atoms. The maximum absolute atomic E-state index is 12.3. The molecule has 2 aliphatic carbocycles. The van der Waals surface area contributed by atoms with E-state index >= 15 is 0 Å². The lowest BCUT2D eigenvalue weighted by atomic mass is 9.88. The zero-order valence-corrected chi connectivity index (χ0v) is 15.4. The third-order valence-corrected chi connectivity index (χ3v) is 6.44. The topological polar surface area (TPSA) is 61.4 Å². The second kappa shape index (κ2) is 7.32. The number of hydrogen-bond acceptors (Lipinski definition) is 2. The van der Waals surface area contributed by atoms with Gasteiger partial charge in [0.15, 0.2) is 0 Å². The van der Waals surface area contributed by atoms with Crippen molar-refractivity contribution in [2.24, 2.45) is 17.8 Å². The lowest BCUT2D eigenvalue weighted by molar-refractivity contribution is -0.130. The zero-order chi connectivity index (χ0) is 17.3. The van der Waals surface area contributed by atoms with Crippen LogP contribution in [0.2, 0.25) is 0 Å². The largest absolute Gasteiger partial charge is 0.338 e. The Kier molecular flexibility index (Phi) is 5.36. The summed E-state index contributed by atoms with van der Waals surface area (Å²) in [4.78, 5) is 26.6. The van der Waals surface area contributed by atoms with Gasteiger partial charge in [0.25, 0.3) is 0 Å². The Morgan fingerprint density at radius 2 is 1.96 bits per heavy atom. The second-order valence-electron chi connectivity index (χ2n) is 8.40. The molecule has 2 N–H and O–H groups in total. The van der Waals surface area contributed by atoms with Crippen LogP contribution in [0.1, 0.15) is 65.7 Å². The van der Waals surface area contributed by atoms with E-state index in [9.17, 15) is 9.59 Å². The van der Waals surface area contributed by atoms with Crippen molar-refractivity contribution >= 4 is 11.9 Å². The lowest BCUT2D eigenvalue weighted by Gasteiger charge is -2.28. The maximum atomic E-state index is 12.3. The van der Waals surface area contributed by atoms with Crippen molar-refractivity contribution < 1.29 is 9.59 Å². The molecule has 1 saturated heterocycles. The minimum atomic E-state index is -0.0254. The van der Waals surface area contributed by atoms with Crippen LogP contribution in [0.4, 0.5) is 4.79 Å². The molecule has 5 nitrogen and oxygen atoms in total. The summed E-state index contributed by atoms with van der Waals surface area (Å²) in [5.41, 5.74) is 0. The first kappa shape index (κ1) is 17.6. The van der Waals surface area contributed by atoms with Crippen LogP contribution in [-0.2, 0) is 4.79 Å². The van der Waals surface area contributed by atoms with Crippen LogP contribution >= 0.6 is 0 Å². The quantitative estimate of drug-likeness (QED) is 0.830. The molecule has 1 aliphatic heterocycles. The van der Waals surface area contributed by atoms with E-state index in [1.54, 1.807) is 0 Å². The van der Waals surface area contributed by atoms with Gasteiger partial charge in [0.2, 0.25) is 5.91 Å². The molecule has 0 aromatic carbocycles. The number of rotatable bonds is 4. The lowest BCUT2D eigenvalue weighted by Crippen LogP contribution is -2.45. The Hall–Kier alpha value is -1.26. The third kappa shape index (κ3) is 3.55. The number of likely N-dealkylation sites (tertiary alicyclic amines) is 1. The number of nitrogens with one attached hydrogen (secondary N) is 2. The van der Waals surface area contributed by atoms with Gasteiger partial charge in [0, 0.05) is 31.1 Å². The molecule has 0 aromatic heterocycles. The van der Waals surface area contributed by atoms with Crippen molar-refractivity contribution in [3.8, 4) is 0 Å². The molecule has 0 unspecified atom stereocenters. The number of nitrogens with zero attached hydrogens (tertiary/aromatic N) is 1. The first-order chi connectivity index (χ1) is 11.5. The van der Waals surface area contributed by atoms with Crippen LogP contribution in [0, 0.1) is 17.8 Å². The molecule has 0 radical (unpaired) electrons. The maximum Gasteiger partial charge on any atom is 0.315 e. The summed E-state index contributed by atoms with van der Waals surface area (Å²) in [5.74, 6) is 1.68. The molecule has 3 fully saturated rings. The molecular formula is C19H33N3O2. The predicted octanol–water partition coefficient (Wildman–Crippen LogP) is 2.90. The number of fused-ring (bicyclic) bond motifs is 1. The molecule has 3 aliphatic rings. The van der Waals surface area contributed by atoms with E-state index in [1.165, 1.54) is 19.3 Å². The highest BCUT2D eigenvalue weighted by Gasteiger charge is 2.51. The van der Waals surface area contributed by atoms with E-state index in [4.69, 9.17) is 0 Å². The summed E-state index contributed by atoms with van der Waals surface area (Å²) in [6.07, 6.45) is 7.69. The fourth-order valence-corrected chi connectivity index (χ4v) is 5.25. The standard InChI is InChI=1S/C19H33N3O2/c1-12(2)22-17-9-13(3)16(15(17)10-18(22)23)11-20-19(24)21-14-7-5-4-6-8-14/h12-17H,4-11H2,1-3H3,(H2,20,21,24)/t13-,15-,16+,17+/m0/s1. The van der Waals surface area contributed by atoms with Crippen molar-refractivity contribution in [3.63, 3.8) is 0 Å². The Morgan fingerprint density at radius 3 is 2.62 bits per heavy atom. The monoisotopic (exact) mass is 335 g/mol. The van der Waals surface area contributed by atoms with Crippen molar-refractivity contribution in [1.29, 1.82) is 0 Å². The molecule has 136 valence electrons. The number of carbonyl (C=O) groups is 2. The highest BCUT2D eigenvalue weighted by atomic mass is 16.2. The average Bonchev–Trinajstić information content (AvgIpc) is 2.99. The molecule has 0 aromatic rings. The Balaban J connectivity index is 1.51. The Labute approximate surface area is 145 Å². The van der Waals surface area contributed by atoms with E-state index < -0.39 is 0 Å². The minimum Gasteiger partial charge on any atom is -0.338 e. The fourth-order valence-electron chi connectivity index (χ4n) is 5.25. The summed E-state index contributed by atoms with van der Waals surface area (Å²) < 4.78 is 0. The van der Waals surface area contributed by atoms with Crippen molar-refractivity contribution in [2.45, 2.75) is 83.8 Å². The highest BCUT2D eigenvalue weighted by Crippen LogP contribution is 2.46. The van der Waals surface area contributed by atoms with Crippen LogP contribution in [0.5, 0.6) is 0 Å². The number of urea groups is 1. The molecule has 1 heterocycles. The SMILES string of the molecule is CC(C)N1C(=O)C[C@H]2[C@H](CNC(=O)NC3CCCCC3)[C@@H](C)C[C@H]21. The summed E-state index contributed by atoms with van der Waals surface area (Å²) in [7, 11) is 0. The van der Waals surface area contributed by atoms with Crippen LogP contribution in [0.15, 0.2) is 0 Å². The van der Waals surface area contributed by atoms with Gasteiger partial charge < -0.3 is 15.5 Å². The summed E-state index contributed by atoms with van der Waals surface area (Å²) in [6.45, 7) is 7.18. The number of carbonyl (C=O) groups excluding carboxylic acids is 2. The molecule has 4 atom stereocenters. The third-order valence-electron chi connectivity index (χ3n) is 6.44. The summed E-state index contributed by atoms with van der Waals surface area (Å²) >= 11 is 0. The average molecular weight is 335 g/mol. The van der Waals surface area contributed by atoms with E-state index in [0.29, 0.717) is 48.7 Å². The Morgan fingerprint density at radius 1 is 1.25 bits per heavy atom. The van der Waals surface area contributed by atoms with E-state index in [-0.39, 0.29) is 12.1 Å².